The molecule has 8 nitrogen and oxygen atoms in total. The van der Waals surface area contributed by atoms with Gasteiger partial charge in [-0.2, -0.15) is 0 Å². The molecular formula is C20H33Cl2N5O3. The van der Waals surface area contributed by atoms with Crippen LogP contribution in [0.3, 0.4) is 0 Å². The summed E-state index contributed by atoms with van der Waals surface area (Å²) in [5, 5.41) is 3.31. The number of amides is 1. The number of aromatic nitrogens is 2. The Morgan fingerprint density at radius 2 is 1.87 bits per heavy atom. The molecule has 0 radical (unpaired) electrons. The zero-order valence-electron chi connectivity index (χ0n) is 18.0. The first-order valence-corrected chi connectivity index (χ1v) is 10.3. The molecule has 2 saturated heterocycles. The first-order valence-electron chi connectivity index (χ1n) is 10.3. The maximum absolute atomic E-state index is 13.5. The van der Waals surface area contributed by atoms with Crippen LogP contribution in [0.15, 0.2) is 4.79 Å². The van der Waals surface area contributed by atoms with Crippen LogP contribution in [0.1, 0.15) is 43.4 Å². The van der Waals surface area contributed by atoms with Crippen molar-refractivity contribution in [2.45, 2.75) is 49.5 Å². The zero-order valence-corrected chi connectivity index (χ0v) is 19.6. The average Bonchev–Trinajstić information content (AvgIpc) is 3.06. The quantitative estimate of drug-likeness (QED) is 0.703. The third-order valence-corrected chi connectivity index (χ3v) is 6.84. The molecule has 170 valence electrons. The molecular weight excluding hydrogens is 429 g/mol. The highest BCUT2D eigenvalue weighted by Gasteiger charge is 2.49. The number of carbonyl (C=O) groups is 1. The van der Waals surface area contributed by atoms with E-state index in [0.717, 1.165) is 56.6 Å². The molecule has 1 amide bonds. The van der Waals surface area contributed by atoms with Crippen molar-refractivity contribution in [3.8, 4) is 0 Å². The average molecular weight is 462 g/mol. The fourth-order valence-corrected chi connectivity index (χ4v) is 5.18. The number of halogens is 2. The van der Waals surface area contributed by atoms with E-state index in [2.05, 4.69) is 10.3 Å². The summed E-state index contributed by atoms with van der Waals surface area (Å²) < 4.78 is 5.78. The van der Waals surface area contributed by atoms with Crippen LogP contribution >= 0.6 is 24.8 Å². The minimum Gasteiger partial charge on any atom is -0.368 e. The van der Waals surface area contributed by atoms with Gasteiger partial charge in [0.15, 0.2) is 0 Å². The number of methoxy groups -OCH3 is 1. The van der Waals surface area contributed by atoms with E-state index in [1.165, 1.54) is 0 Å². The van der Waals surface area contributed by atoms with Gasteiger partial charge >= 0.3 is 0 Å². The number of nitrogens with one attached hydrogen (secondary N) is 2. The van der Waals surface area contributed by atoms with Gasteiger partial charge in [-0.1, -0.05) is 0 Å². The van der Waals surface area contributed by atoms with Gasteiger partial charge in [0, 0.05) is 45.3 Å². The molecule has 1 unspecified atom stereocenters. The van der Waals surface area contributed by atoms with Crippen LogP contribution < -0.4 is 15.8 Å². The fraction of sp³-hybridized carbons (Fsp3) is 0.750. The lowest BCUT2D eigenvalue weighted by Gasteiger charge is -2.45. The summed E-state index contributed by atoms with van der Waals surface area (Å²) in [6.45, 7) is 2.97. The highest BCUT2D eigenvalue weighted by atomic mass is 35.5. The number of H-pyrrole nitrogens is 1. The third-order valence-electron chi connectivity index (χ3n) is 6.84. The van der Waals surface area contributed by atoms with E-state index < -0.39 is 5.60 Å². The van der Waals surface area contributed by atoms with Crippen LogP contribution in [0, 0.1) is 0 Å². The molecule has 0 bridgehead atoms. The summed E-state index contributed by atoms with van der Waals surface area (Å²) in [7, 11) is 5.41. The number of anilines is 1. The number of rotatable bonds is 3. The van der Waals surface area contributed by atoms with Crippen LogP contribution in [0.5, 0.6) is 0 Å². The number of nitrogens with zero attached hydrogens (tertiary/aromatic N) is 3. The van der Waals surface area contributed by atoms with Gasteiger partial charge in [-0.15, -0.1) is 24.8 Å². The van der Waals surface area contributed by atoms with Crippen molar-refractivity contribution in [3.05, 3.63) is 21.6 Å². The SMILES string of the molecule is COC1(C(=O)N2CCCC3(CCc4c3nc(N(C)C)[nH]c4=O)C2)CCNCC1.Cl.Cl. The number of ether oxygens (including phenoxy) is 1. The van der Waals surface area contributed by atoms with E-state index in [9.17, 15) is 9.59 Å². The molecule has 1 spiro atoms. The second-order valence-corrected chi connectivity index (χ2v) is 8.67. The second-order valence-electron chi connectivity index (χ2n) is 8.67. The molecule has 1 aromatic heterocycles. The van der Waals surface area contributed by atoms with Gasteiger partial charge in [0.2, 0.25) is 5.95 Å². The molecule has 2 fully saturated rings. The molecule has 1 aromatic rings. The monoisotopic (exact) mass is 461 g/mol. The molecule has 2 N–H and O–H groups in total. The maximum Gasteiger partial charge on any atom is 0.255 e. The largest absolute Gasteiger partial charge is 0.368 e. The van der Waals surface area contributed by atoms with Gasteiger partial charge in [0.25, 0.3) is 11.5 Å². The van der Waals surface area contributed by atoms with Gasteiger partial charge in [0.05, 0.1) is 5.69 Å². The minimum atomic E-state index is -0.721. The summed E-state index contributed by atoms with van der Waals surface area (Å²) in [6, 6.07) is 0. The van der Waals surface area contributed by atoms with E-state index in [1.807, 2.05) is 23.9 Å². The Kier molecular flexibility index (Phi) is 7.83. The Labute approximate surface area is 190 Å². The fourth-order valence-electron chi connectivity index (χ4n) is 5.18. The van der Waals surface area contributed by atoms with Crippen molar-refractivity contribution in [2.24, 2.45) is 0 Å². The number of likely N-dealkylation sites (tertiary alicyclic amines) is 1. The smallest absolute Gasteiger partial charge is 0.255 e. The maximum atomic E-state index is 13.5. The van der Waals surface area contributed by atoms with Crippen LogP contribution in [0.25, 0.3) is 0 Å². The van der Waals surface area contributed by atoms with Crippen molar-refractivity contribution in [3.63, 3.8) is 0 Å². The van der Waals surface area contributed by atoms with E-state index >= 15 is 0 Å². The molecule has 0 aromatic carbocycles. The van der Waals surface area contributed by atoms with E-state index in [0.29, 0.717) is 25.3 Å². The molecule has 4 rings (SSSR count). The normalized spacial score (nSPS) is 24.6. The van der Waals surface area contributed by atoms with Gasteiger partial charge in [0.1, 0.15) is 5.60 Å². The molecule has 10 heteroatoms. The van der Waals surface area contributed by atoms with Crippen molar-refractivity contribution in [2.75, 3.05) is 52.3 Å². The first-order chi connectivity index (χ1) is 13.4. The summed E-state index contributed by atoms with van der Waals surface area (Å²) in [4.78, 5) is 37.6. The highest BCUT2D eigenvalue weighted by Crippen LogP contribution is 2.44. The number of hydrogen-bond donors (Lipinski definition) is 2. The Balaban J connectivity index is 0.00000160. The van der Waals surface area contributed by atoms with Gasteiger partial charge in [-0.3, -0.25) is 14.6 Å². The summed E-state index contributed by atoms with van der Waals surface area (Å²) >= 11 is 0. The predicted molar refractivity (Wildman–Crippen MR) is 121 cm³/mol. The van der Waals surface area contributed by atoms with Crippen LogP contribution in [-0.4, -0.2) is 73.8 Å². The van der Waals surface area contributed by atoms with Crippen molar-refractivity contribution >= 4 is 36.7 Å². The molecule has 3 aliphatic rings. The number of piperidine rings is 2. The Bertz CT molecular complexity index is 825. The number of fused-ring (bicyclic) bond motifs is 2. The van der Waals surface area contributed by atoms with Crippen LogP contribution in [-0.2, 0) is 21.4 Å². The summed E-state index contributed by atoms with van der Waals surface area (Å²) in [6.07, 6.45) is 4.90. The van der Waals surface area contributed by atoms with Crippen molar-refractivity contribution in [1.29, 1.82) is 0 Å². The molecule has 1 atom stereocenters. The van der Waals surface area contributed by atoms with Crippen LogP contribution in [0.4, 0.5) is 5.95 Å². The number of hydrogen-bond acceptors (Lipinski definition) is 6. The molecule has 30 heavy (non-hydrogen) atoms. The van der Waals surface area contributed by atoms with E-state index in [4.69, 9.17) is 9.72 Å². The van der Waals surface area contributed by atoms with Crippen LogP contribution in [0.2, 0.25) is 0 Å². The number of carbonyl (C=O) groups excluding carboxylic acids is 1. The standard InChI is InChI=1S/C20H31N5O3.2ClH/c1-24(2)18-22-15-14(16(26)23-18)5-7-19(15)6-4-12-25(13-19)17(27)20(28-3)8-10-21-11-9-20;;/h21H,4-13H2,1-3H3,(H,22,23,26);2*1H. The highest BCUT2D eigenvalue weighted by molar-refractivity contribution is 5.86. The third kappa shape index (κ3) is 4.07. The molecule has 1 aliphatic carbocycles. The van der Waals surface area contributed by atoms with E-state index in [1.54, 1.807) is 7.11 Å². The van der Waals surface area contributed by atoms with Crippen molar-refractivity contribution < 1.29 is 9.53 Å². The molecule has 0 saturated carbocycles. The predicted octanol–water partition coefficient (Wildman–Crippen LogP) is 1.25. The lowest BCUT2D eigenvalue weighted by Crippen LogP contribution is -2.59. The molecule has 3 heterocycles. The summed E-state index contributed by atoms with van der Waals surface area (Å²) in [5.74, 6) is 0.682. The zero-order chi connectivity index (χ0) is 19.9. The van der Waals surface area contributed by atoms with Gasteiger partial charge in [-0.05, 0) is 51.6 Å². The lowest BCUT2D eigenvalue weighted by atomic mass is 9.76. The Hall–Kier alpha value is -1.35. The topological polar surface area (TPSA) is 90.6 Å². The minimum absolute atomic E-state index is 0. The Morgan fingerprint density at radius 3 is 2.50 bits per heavy atom. The molecule has 2 aliphatic heterocycles. The summed E-state index contributed by atoms with van der Waals surface area (Å²) in [5.41, 5.74) is 0.712. The van der Waals surface area contributed by atoms with Gasteiger partial charge < -0.3 is 19.9 Å². The number of aromatic amines is 1. The second kappa shape index (κ2) is 9.42. The van der Waals surface area contributed by atoms with E-state index in [-0.39, 0.29) is 41.7 Å². The van der Waals surface area contributed by atoms with Crippen molar-refractivity contribution in [1.82, 2.24) is 20.2 Å². The Morgan fingerprint density at radius 1 is 1.17 bits per heavy atom. The first kappa shape index (κ1) is 24.9. The van der Waals surface area contributed by atoms with Gasteiger partial charge in [-0.25, -0.2) is 4.98 Å². The lowest BCUT2D eigenvalue weighted by molar-refractivity contribution is -0.160.